The highest BCUT2D eigenvalue weighted by Crippen LogP contribution is 2.10. The molecule has 2 heteroatoms. The lowest BCUT2D eigenvalue weighted by atomic mass is 10.2. The van der Waals surface area contributed by atoms with E-state index >= 15 is 0 Å². The van der Waals surface area contributed by atoms with Gasteiger partial charge in [-0.05, 0) is 18.6 Å². The van der Waals surface area contributed by atoms with Crippen molar-refractivity contribution in [3.8, 4) is 0 Å². The molecule has 0 aromatic carbocycles. The number of nitrogens with zero attached hydrogens (tertiary/aromatic N) is 1. The van der Waals surface area contributed by atoms with Gasteiger partial charge in [-0.2, -0.15) is 0 Å². The van der Waals surface area contributed by atoms with Crippen molar-refractivity contribution in [3.05, 3.63) is 0 Å². The molecule has 0 amide bonds. The van der Waals surface area contributed by atoms with E-state index in [2.05, 4.69) is 31.3 Å². The van der Waals surface area contributed by atoms with Crippen LogP contribution in [-0.2, 0) is 0 Å². The van der Waals surface area contributed by atoms with Crippen molar-refractivity contribution < 1.29 is 0 Å². The molecule has 0 aliphatic heterocycles. The summed E-state index contributed by atoms with van der Waals surface area (Å²) in [5, 5.41) is 0. The lowest BCUT2D eigenvalue weighted by Crippen LogP contribution is -2.21. The monoisotopic (exact) mass is 175 g/mol. The van der Waals surface area contributed by atoms with Gasteiger partial charge in [0.1, 0.15) is 0 Å². The van der Waals surface area contributed by atoms with Gasteiger partial charge in [0.15, 0.2) is 0 Å². The molecular weight excluding hydrogens is 154 g/mol. The molecule has 0 saturated heterocycles. The molecule has 0 heterocycles. The van der Waals surface area contributed by atoms with Crippen LogP contribution in [0.25, 0.3) is 0 Å². The first-order valence-electron chi connectivity index (χ1n) is 4.49. The molecule has 0 unspecified atom stereocenters. The van der Waals surface area contributed by atoms with Gasteiger partial charge in [0, 0.05) is 13.1 Å². The van der Waals surface area contributed by atoms with Gasteiger partial charge in [-0.1, -0.05) is 39.1 Å². The van der Waals surface area contributed by atoms with E-state index < -0.39 is 0 Å². The highest BCUT2D eigenvalue weighted by atomic mass is 32.2. The Kier molecular flexibility index (Phi) is 7.18. The van der Waals surface area contributed by atoms with E-state index in [1.165, 1.54) is 25.9 Å². The summed E-state index contributed by atoms with van der Waals surface area (Å²) in [6, 6.07) is 0. The average Bonchev–Trinajstić information content (AvgIpc) is 1.97. The summed E-state index contributed by atoms with van der Waals surface area (Å²) in [5.74, 6) is 0.791. The first kappa shape index (κ1) is 11.3. The number of hydrogen-bond donors (Lipinski definition) is 0. The first-order chi connectivity index (χ1) is 5.20. The summed E-state index contributed by atoms with van der Waals surface area (Å²) in [4.78, 5) is 0. The van der Waals surface area contributed by atoms with Gasteiger partial charge in [-0.25, -0.2) is 0 Å². The van der Waals surface area contributed by atoms with Crippen LogP contribution in [-0.4, -0.2) is 23.7 Å². The lowest BCUT2D eigenvalue weighted by Gasteiger charge is -2.20. The van der Waals surface area contributed by atoms with Gasteiger partial charge in [-0.15, -0.1) is 0 Å². The fourth-order valence-electron chi connectivity index (χ4n) is 0.999. The fraction of sp³-hybridized carbons (Fsp3) is 1.00. The highest BCUT2D eigenvalue weighted by molar-refractivity contribution is 7.96. The van der Waals surface area contributed by atoms with Crippen LogP contribution >= 0.6 is 11.9 Å². The van der Waals surface area contributed by atoms with E-state index in [1.54, 1.807) is 0 Å². The molecule has 68 valence electrons. The largest absolute Gasteiger partial charge is 0.251 e. The molecule has 0 aromatic rings. The van der Waals surface area contributed by atoms with Gasteiger partial charge >= 0.3 is 0 Å². The zero-order valence-electron chi connectivity index (χ0n) is 8.26. The second-order valence-electron chi connectivity index (χ2n) is 3.32. The molecule has 11 heavy (non-hydrogen) atoms. The van der Waals surface area contributed by atoms with E-state index in [1.807, 2.05) is 11.9 Å². The third-order valence-corrected chi connectivity index (χ3v) is 2.44. The van der Waals surface area contributed by atoms with Crippen LogP contribution in [0.4, 0.5) is 0 Å². The highest BCUT2D eigenvalue weighted by Gasteiger charge is 2.03. The van der Waals surface area contributed by atoms with Crippen LogP contribution in [0.2, 0.25) is 0 Å². The van der Waals surface area contributed by atoms with Crippen LogP contribution in [0.15, 0.2) is 0 Å². The number of hydrogen-bond acceptors (Lipinski definition) is 2. The Balaban J connectivity index is 3.41. The lowest BCUT2D eigenvalue weighted by molar-refractivity contribution is 0.400. The molecular formula is C9H21NS. The summed E-state index contributed by atoms with van der Waals surface area (Å²) < 4.78 is 2.45. The van der Waals surface area contributed by atoms with E-state index in [0.29, 0.717) is 0 Å². The molecule has 0 fully saturated rings. The quantitative estimate of drug-likeness (QED) is 0.571. The predicted molar refractivity (Wildman–Crippen MR) is 54.8 cm³/mol. The molecule has 0 bridgehead atoms. The fourth-order valence-corrected chi connectivity index (χ4v) is 1.76. The van der Waals surface area contributed by atoms with E-state index in [0.717, 1.165) is 5.92 Å². The molecule has 0 radical (unpaired) electrons. The Morgan fingerprint density at radius 1 is 1.36 bits per heavy atom. The number of unbranched alkanes of at least 4 members (excludes halogenated alkanes) is 1. The Morgan fingerprint density at radius 3 is 2.36 bits per heavy atom. The molecule has 0 aromatic heterocycles. The first-order valence-corrected chi connectivity index (χ1v) is 5.67. The maximum Gasteiger partial charge on any atom is 0.0112 e. The molecule has 0 aliphatic rings. The third-order valence-electron chi connectivity index (χ3n) is 1.59. The van der Waals surface area contributed by atoms with Crippen LogP contribution in [0.3, 0.4) is 0 Å². The smallest absolute Gasteiger partial charge is 0.0112 e. The van der Waals surface area contributed by atoms with Crippen LogP contribution in [0.5, 0.6) is 0 Å². The standard InChI is InChI=1S/C9H21NS/c1-5-6-7-10(11-4)8-9(2)3/h9H,5-8H2,1-4H3. The Labute approximate surface area is 75.7 Å². The van der Waals surface area contributed by atoms with Gasteiger partial charge < -0.3 is 0 Å². The predicted octanol–water partition coefficient (Wildman–Crippen LogP) is 3.02. The second-order valence-corrected chi connectivity index (χ2v) is 4.20. The van der Waals surface area contributed by atoms with Crippen molar-refractivity contribution in [2.24, 2.45) is 5.92 Å². The van der Waals surface area contributed by atoms with Gasteiger partial charge in [0.25, 0.3) is 0 Å². The van der Waals surface area contributed by atoms with Crippen molar-refractivity contribution in [3.63, 3.8) is 0 Å². The minimum atomic E-state index is 0.791. The van der Waals surface area contributed by atoms with Crippen molar-refractivity contribution >= 4 is 11.9 Å². The van der Waals surface area contributed by atoms with Crippen LogP contribution < -0.4 is 0 Å². The molecule has 0 N–H and O–H groups in total. The summed E-state index contributed by atoms with van der Waals surface area (Å²) >= 11 is 1.87. The molecule has 0 rings (SSSR count). The Morgan fingerprint density at radius 2 is 2.00 bits per heavy atom. The Bertz CT molecular complexity index is 83.6. The Hall–Kier alpha value is 0.310. The SMILES string of the molecule is CCCCN(CC(C)C)SC. The van der Waals surface area contributed by atoms with Crippen molar-refractivity contribution in [1.29, 1.82) is 0 Å². The van der Waals surface area contributed by atoms with Crippen LogP contribution in [0, 0.1) is 5.92 Å². The summed E-state index contributed by atoms with van der Waals surface area (Å²) in [6.07, 6.45) is 4.79. The minimum Gasteiger partial charge on any atom is -0.251 e. The summed E-state index contributed by atoms with van der Waals surface area (Å²) in [6.45, 7) is 9.26. The van der Waals surface area contributed by atoms with E-state index in [-0.39, 0.29) is 0 Å². The minimum absolute atomic E-state index is 0.791. The van der Waals surface area contributed by atoms with Crippen LogP contribution in [0.1, 0.15) is 33.6 Å². The molecule has 0 aliphatic carbocycles. The van der Waals surface area contributed by atoms with Gasteiger partial charge in [0.2, 0.25) is 0 Å². The molecule has 0 saturated carbocycles. The molecule has 1 nitrogen and oxygen atoms in total. The topological polar surface area (TPSA) is 3.24 Å². The maximum atomic E-state index is 2.45. The van der Waals surface area contributed by atoms with Gasteiger partial charge in [0.05, 0.1) is 0 Å². The second kappa shape index (κ2) is 6.99. The summed E-state index contributed by atoms with van der Waals surface area (Å²) in [7, 11) is 0. The van der Waals surface area contributed by atoms with E-state index in [4.69, 9.17) is 0 Å². The average molecular weight is 175 g/mol. The third kappa shape index (κ3) is 6.70. The number of rotatable bonds is 6. The molecule has 0 spiro atoms. The zero-order valence-corrected chi connectivity index (χ0v) is 9.08. The maximum absolute atomic E-state index is 2.45. The van der Waals surface area contributed by atoms with Crippen molar-refractivity contribution in [2.75, 3.05) is 19.3 Å². The van der Waals surface area contributed by atoms with Crippen molar-refractivity contribution in [1.82, 2.24) is 4.31 Å². The summed E-state index contributed by atoms with van der Waals surface area (Å²) in [5.41, 5.74) is 0. The molecule has 0 atom stereocenters. The normalized spacial score (nSPS) is 11.5. The van der Waals surface area contributed by atoms with Gasteiger partial charge in [-0.3, -0.25) is 4.31 Å². The van der Waals surface area contributed by atoms with E-state index in [9.17, 15) is 0 Å². The zero-order chi connectivity index (χ0) is 8.69. The van der Waals surface area contributed by atoms with Crippen molar-refractivity contribution in [2.45, 2.75) is 33.6 Å².